The van der Waals surface area contributed by atoms with Crippen LogP contribution in [0.3, 0.4) is 0 Å². The van der Waals surface area contributed by atoms with Gasteiger partial charge >= 0.3 is 6.20 Å². The van der Waals surface area contributed by atoms with Crippen molar-refractivity contribution in [3.8, 4) is 0 Å². The highest BCUT2D eigenvalue weighted by atomic mass is 16.7. The van der Waals surface area contributed by atoms with Crippen LogP contribution >= 0.6 is 0 Å². The lowest BCUT2D eigenvalue weighted by molar-refractivity contribution is -0.182. The van der Waals surface area contributed by atoms with Crippen molar-refractivity contribution in [1.82, 2.24) is 0 Å². The van der Waals surface area contributed by atoms with Crippen LogP contribution in [-0.2, 0) is 9.47 Å². The number of aliphatic hydroxyl groups excluding tert-OH is 1. The van der Waals surface area contributed by atoms with Crippen molar-refractivity contribution in [3.05, 3.63) is 16.9 Å². The van der Waals surface area contributed by atoms with Gasteiger partial charge in [0.2, 0.25) is 5.39 Å². The zero-order chi connectivity index (χ0) is 11.4. The summed E-state index contributed by atoms with van der Waals surface area (Å²) >= 11 is 0. The van der Waals surface area contributed by atoms with E-state index in [1.54, 1.807) is 0 Å². The smallest absolute Gasteiger partial charge is 0.387 e. The first-order chi connectivity index (χ1) is 7.77. The molecule has 0 aromatic rings. The van der Waals surface area contributed by atoms with Gasteiger partial charge in [-0.3, -0.25) is 0 Å². The molecule has 1 unspecified atom stereocenters. The van der Waals surface area contributed by atoms with Crippen LogP contribution in [0.15, 0.2) is 12.0 Å². The Morgan fingerprint density at radius 1 is 1.50 bits per heavy atom. The molecular weight excluding hydrogens is 208 g/mol. The molecule has 1 aliphatic carbocycles. The normalized spacial score (nSPS) is 28.4. The fourth-order valence-corrected chi connectivity index (χ4v) is 2.69. The van der Waals surface area contributed by atoms with Gasteiger partial charge in [0.05, 0.1) is 13.2 Å². The molecule has 1 saturated carbocycles. The molecule has 5 heteroatoms. The van der Waals surface area contributed by atoms with E-state index in [9.17, 15) is 5.11 Å². The van der Waals surface area contributed by atoms with Crippen molar-refractivity contribution in [3.63, 3.8) is 0 Å². The molecule has 0 radical (unpaired) electrons. The van der Waals surface area contributed by atoms with E-state index in [1.807, 2.05) is 0 Å². The number of diazo groups is 1. The van der Waals surface area contributed by atoms with Gasteiger partial charge in [0.15, 0.2) is 16.5 Å². The lowest BCUT2D eigenvalue weighted by Gasteiger charge is -2.29. The molecule has 1 atom stereocenters. The third-order valence-electron chi connectivity index (χ3n) is 3.43. The first-order valence-electron chi connectivity index (χ1n) is 5.77. The predicted octanol–water partition coefficient (Wildman–Crippen LogP) is 2.56. The van der Waals surface area contributed by atoms with E-state index in [-0.39, 0.29) is 5.76 Å². The Hall–Kier alpha value is -1.12. The Bertz CT molecular complexity index is 310. The van der Waals surface area contributed by atoms with Crippen LogP contribution in [0.25, 0.3) is 4.98 Å². The second-order valence-corrected chi connectivity index (χ2v) is 4.37. The molecule has 1 aliphatic heterocycles. The largest absolute Gasteiger partial charge is 0.505 e. The van der Waals surface area contributed by atoms with Crippen LogP contribution < -0.4 is 0 Å². The highest BCUT2D eigenvalue weighted by Crippen LogP contribution is 2.44. The molecule has 1 N–H and O–H groups in total. The maximum atomic E-state index is 9.37. The summed E-state index contributed by atoms with van der Waals surface area (Å²) in [5, 5.41) is 17.6. The Morgan fingerprint density at radius 3 is 2.94 bits per heavy atom. The zero-order valence-electron chi connectivity index (χ0n) is 9.26. The average molecular weight is 225 g/mol. The number of ether oxygens (including phenoxy) is 2. The lowest BCUT2D eigenvalue weighted by Crippen LogP contribution is -2.34. The fraction of sp³-hybridized carbons (Fsp3) is 0.818. The van der Waals surface area contributed by atoms with Gasteiger partial charge in [-0.2, -0.15) is 0 Å². The third kappa shape index (κ3) is 2.18. The fourth-order valence-electron chi connectivity index (χ4n) is 2.69. The topological polar surface area (TPSA) is 66.8 Å². The third-order valence-corrected chi connectivity index (χ3v) is 3.43. The molecule has 2 aliphatic rings. The van der Waals surface area contributed by atoms with E-state index < -0.39 is 5.79 Å². The van der Waals surface area contributed by atoms with Crippen LogP contribution in [0.4, 0.5) is 0 Å². The van der Waals surface area contributed by atoms with Gasteiger partial charge in [-0.25, -0.2) is 0 Å². The number of rotatable bonds is 3. The summed E-state index contributed by atoms with van der Waals surface area (Å²) in [6.45, 7) is 1.34. The number of allylic oxidation sites excluding steroid dienone is 1. The van der Waals surface area contributed by atoms with Gasteiger partial charge in [-0.05, 0) is 19.3 Å². The van der Waals surface area contributed by atoms with Crippen molar-refractivity contribution in [1.29, 1.82) is 5.39 Å². The minimum absolute atomic E-state index is 0.0996. The first-order valence-corrected chi connectivity index (χ1v) is 5.77. The minimum Gasteiger partial charge on any atom is -0.505 e. The molecule has 0 aromatic carbocycles. The van der Waals surface area contributed by atoms with Gasteiger partial charge < -0.3 is 14.6 Å². The van der Waals surface area contributed by atoms with Gasteiger partial charge in [-0.15, -0.1) is 0 Å². The SMILES string of the molecule is N#[N+]/C=C(\O)CCC1CCCC12OCCO2. The summed E-state index contributed by atoms with van der Waals surface area (Å²) in [6, 6.07) is 0. The Labute approximate surface area is 94.7 Å². The molecule has 1 heterocycles. The van der Waals surface area contributed by atoms with E-state index in [1.165, 1.54) is 0 Å². The zero-order valence-corrected chi connectivity index (χ0v) is 9.26. The minimum atomic E-state index is -0.392. The molecule has 0 aromatic heterocycles. The summed E-state index contributed by atoms with van der Waals surface area (Å²) in [6.07, 6.45) is 5.51. The van der Waals surface area contributed by atoms with E-state index in [0.717, 1.165) is 31.9 Å². The average Bonchev–Trinajstić information content (AvgIpc) is 2.88. The molecule has 2 rings (SSSR count). The highest BCUT2D eigenvalue weighted by molar-refractivity contribution is 4.97. The second-order valence-electron chi connectivity index (χ2n) is 4.37. The van der Waals surface area contributed by atoms with E-state index >= 15 is 0 Å². The summed E-state index contributed by atoms with van der Waals surface area (Å²) < 4.78 is 11.4. The quantitative estimate of drug-likeness (QED) is 0.592. The van der Waals surface area contributed by atoms with Crippen molar-refractivity contribution >= 4 is 0 Å². The monoisotopic (exact) mass is 225 g/mol. The molecule has 2 fully saturated rings. The summed E-state index contributed by atoms with van der Waals surface area (Å²) in [5.74, 6) is 0.0446. The van der Waals surface area contributed by atoms with Crippen molar-refractivity contribution in [2.45, 2.75) is 37.9 Å². The number of nitrogens with zero attached hydrogens (tertiary/aromatic N) is 2. The Balaban J connectivity index is 1.90. The number of hydrogen-bond acceptors (Lipinski definition) is 4. The van der Waals surface area contributed by atoms with Crippen LogP contribution in [0.2, 0.25) is 0 Å². The van der Waals surface area contributed by atoms with Gasteiger partial charge in [0.1, 0.15) is 0 Å². The maximum Gasteiger partial charge on any atom is 0.387 e. The predicted molar refractivity (Wildman–Crippen MR) is 57.0 cm³/mol. The molecule has 1 saturated heterocycles. The van der Waals surface area contributed by atoms with E-state index in [2.05, 4.69) is 4.98 Å². The lowest BCUT2D eigenvalue weighted by atomic mass is 9.96. The standard InChI is InChI=1S/C11H16N2O3/c12-13-8-10(14)4-3-9-2-1-5-11(9)15-6-7-16-11/h8-9H,1-7H2/p+1/b10-8-. The number of aliphatic hydroxyl groups is 1. The van der Waals surface area contributed by atoms with Gasteiger partial charge in [0.25, 0.3) is 0 Å². The van der Waals surface area contributed by atoms with E-state index in [0.29, 0.717) is 25.6 Å². The number of hydrogen-bond donors (Lipinski definition) is 1. The van der Waals surface area contributed by atoms with Crippen LogP contribution in [0.1, 0.15) is 32.1 Å². The summed E-state index contributed by atoms with van der Waals surface area (Å²) in [7, 11) is 0. The van der Waals surface area contributed by atoms with Crippen LogP contribution in [-0.4, -0.2) is 24.1 Å². The Morgan fingerprint density at radius 2 is 2.25 bits per heavy atom. The summed E-state index contributed by atoms with van der Waals surface area (Å²) in [5.41, 5.74) is 0. The van der Waals surface area contributed by atoms with Crippen molar-refractivity contribution < 1.29 is 14.6 Å². The Kier molecular flexibility index (Phi) is 3.42. The van der Waals surface area contributed by atoms with E-state index in [4.69, 9.17) is 14.9 Å². The van der Waals surface area contributed by atoms with Crippen LogP contribution in [0.5, 0.6) is 0 Å². The maximum absolute atomic E-state index is 9.37. The first kappa shape index (κ1) is 11.4. The molecule has 16 heavy (non-hydrogen) atoms. The molecule has 0 amide bonds. The van der Waals surface area contributed by atoms with Crippen LogP contribution in [0, 0.1) is 11.3 Å². The second kappa shape index (κ2) is 4.81. The molecule has 5 nitrogen and oxygen atoms in total. The molecule has 1 spiro atoms. The summed E-state index contributed by atoms with van der Waals surface area (Å²) in [4.78, 5) is 2.80. The molecule has 88 valence electrons. The molecular formula is C11H17N2O3+. The molecule has 0 bridgehead atoms. The van der Waals surface area contributed by atoms with Gasteiger partial charge in [0, 0.05) is 18.8 Å². The van der Waals surface area contributed by atoms with Crippen molar-refractivity contribution in [2.75, 3.05) is 13.2 Å². The van der Waals surface area contributed by atoms with Gasteiger partial charge in [-0.1, -0.05) is 0 Å². The van der Waals surface area contributed by atoms with Crippen molar-refractivity contribution in [2.24, 2.45) is 5.92 Å². The highest BCUT2D eigenvalue weighted by Gasteiger charge is 2.47.